The van der Waals surface area contributed by atoms with Crippen LogP contribution >= 0.6 is 0 Å². The minimum atomic E-state index is 0.331. The molecule has 1 unspecified atom stereocenters. The first-order valence-corrected chi connectivity index (χ1v) is 7.51. The van der Waals surface area contributed by atoms with Crippen molar-refractivity contribution in [2.24, 2.45) is 0 Å². The van der Waals surface area contributed by atoms with Crippen molar-refractivity contribution in [3.05, 3.63) is 47.8 Å². The largest absolute Gasteiger partial charge is 0.310 e. The fourth-order valence-corrected chi connectivity index (χ4v) is 2.31. The van der Waals surface area contributed by atoms with Gasteiger partial charge in [-0.25, -0.2) is 4.68 Å². The summed E-state index contributed by atoms with van der Waals surface area (Å²) in [6.07, 6.45) is 3.20. The molecule has 0 aliphatic carbocycles. The van der Waals surface area contributed by atoms with Gasteiger partial charge in [-0.1, -0.05) is 39.0 Å². The van der Waals surface area contributed by atoms with Crippen LogP contribution in [0.5, 0.6) is 0 Å². The third kappa shape index (κ3) is 3.28. The molecule has 1 aromatic heterocycles. The fraction of sp³-hybridized carbons (Fsp3) is 0.471. The zero-order valence-electron chi connectivity index (χ0n) is 12.9. The lowest BCUT2D eigenvalue weighted by Crippen LogP contribution is -2.20. The topological polar surface area (TPSA) is 29.9 Å². The van der Waals surface area contributed by atoms with E-state index in [4.69, 9.17) is 5.10 Å². The van der Waals surface area contributed by atoms with Gasteiger partial charge in [0.2, 0.25) is 0 Å². The summed E-state index contributed by atoms with van der Waals surface area (Å²) in [7, 11) is 0. The van der Waals surface area contributed by atoms with E-state index in [9.17, 15) is 0 Å². The number of hydrogen-bond acceptors (Lipinski definition) is 2. The number of hydrogen-bond donors (Lipinski definition) is 1. The molecule has 0 fully saturated rings. The average Bonchev–Trinajstić information content (AvgIpc) is 2.94. The zero-order chi connectivity index (χ0) is 14.5. The molecule has 0 amide bonds. The van der Waals surface area contributed by atoms with E-state index in [2.05, 4.69) is 69.5 Å². The summed E-state index contributed by atoms with van der Waals surface area (Å²) in [6, 6.07) is 10.9. The molecule has 108 valence electrons. The molecule has 0 saturated carbocycles. The number of nitrogens with one attached hydrogen (secondary N) is 1. The molecule has 0 bridgehead atoms. The fourth-order valence-electron chi connectivity index (χ4n) is 2.31. The number of nitrogens with zero attached hydrogens (tertiary/aromatic N) is 2. The monoisotopic (exact) mass is 271 g/mol. The molecule has 0 radical (unpaired) electrons. The van der Waals surface area contributed by atoms with Gasteiger partial charge in [0.05, 0.1) is 11.4 Å². The summed E-state index contributed by atoms with van der Waals surface area (Å²) in [6.45, 7) is 9.77. The summed E-state index contributed by atoms with van der Waals surface area (Å²) in [5.41, 5.74) is 3.59. The van der Waals surface area contributed by atoms with Crippen LogP contribution in [-0.2, 0) is 0 Å². The van der Waals surface area contributed by atoms with Crippen molar-refractivity contribution in [1.29, 1.82) is 0 Å². The van der Waals surface area contributed by atoms with Crippen molar-refractivity contribution in [2.45, 2.75) is 46.1 Å². The van der Waals surface area contributed by atoms with Gasteiger partial charge in [-0.3, -0.25) is 0 Å². The maximum Gasteiger partial charge on any atom is 0.0693 e. The van der Waals surface area contributed by atoms with Gasteiger partial charge in [0.15, 0.2) is 0 Å². The van der Waals surface area contributed by atoms with Crippen LogP contribution in [0.3, 0.4) is 0 Å². The summed E-state index contributed by atoms with van der Waals surface area (Å²) < 4.78 is 1.99. The molecule has 1 aromatic carbocycles. The first kappa shape index (κ1) is 14.8. The van der Waals surface area contributed by atoms with Crippen molar-refractivity contribution < 1.29 is 0 Å². The lowest BCUT2D eigenvalue weighted by Gasteiger charge is -2.17. The number of rotatable bonds is 6. The summed E-state index contributed by atoms with van der Waals surface area (Å²) in [5, 5.41) is 8.24. The molecule has 1 N–H and O–H groups in total. The van der Waals surface area contributed by atoms with Crippen LogP contribution in [0.25, 0.3) is 5.69 Å². The molecular weight excluding hydrogens is 246 g/mol. The van der Waals surface area contributed by atoms with Crippen molar-refractivity contribution in [2.75, 3.05) is 6.54 Å². The van der Waals surface area contributed by atoms with Gasteiger partial charge >= 0.3 is 0 Å². The highest BCUT2D eigenvalue weighted by atomic mass is 15.3. The SMILES string of the molecule is CCCNC(C)c1ccccc1-n1ccc(C(C)C)n1. The lowest BCUT2D eigenvalue weighted by molar-refractivity contribution is 0.566. The third-order valence-electron chi connectivity index (χ3n) is 3.55. The highest BCUT2D eigenvalue weighted by Crippen LogP contribution is 2.22. The average molecular weight is 271 g/mol. The lowest BCUT2D eigenvalue weighted by atomic mass is 10.1. The number of aromatic nitrogens is 2. The number of para-hydroxylation sites is 1. The highest BCUT2D eigenvalue weighted by Gasteiger charge is 2.12. The standard InChI is InChI=1S/C17H25N3/c1-5-11-18-14(4)15-8-6-7-9-17(15)20-12-10-16(19-20)13(2)3/h6-10,12-14,18H,5,11H2,1-4H3. The normalized spacial score (nSPS) is 12.8. The molecule has 3 nitrogen and oxygen atoms in total. The Morgan fingerprint density at radius 3 is 2.55 bits per heavy atom. The third-order valence-corrected chi connectivity index (χ3v) is 3.55. The Morgan fingerprint density at radius 2 is 1.90 bits per heavy atom. The van der Waals surface area contributed by atoms with E-state index in [-0.39, 0.29) is 0 Å². The van der Waals surface area contributed by atoms with E-state index in [1.54, 1.807) is 0 Å². The van der Waals surface area contributed by atoms with E-state index < -0.39 is 0 Å². The van der Waals surface area contributed by atoms with E-state index in [1.807, 2.05) is 4.68 Å². The Hall–Kier alpha value is -1.61. The van der Waals surface area contributed by atoms with Crippen molar-refractivity contribution in [3.63, 3.8) is 0 Å². The Bertz CT molecular complexity index is 543. The maximum absolute atomic E-state index is 4.69. The molecule has 20 heavy (non-hydrogen) atoms. The molecule has 1 atom stereocenters. The van der Waals surface area contributed by atoms with E-state index in [0.29, 0.717) is 12.0 Å². The van der Waals surface area contributed by atoms with Crippen LogP contribution < -0.4 is 5.32 Å². The molecule has 0 saturated heterocycles. The summed E-state index contributed by atoms with van der Waals surface area (Å²) in [5.74, 6) is 0.457. The molecule has 0 spiro atoms. The summed E-state index contributed by atoms with van der Waals surface area (Å²) >= 11 is 0. The maximum atomic E-state index is 4.69. The highest BCUT2D eigenvalue weighted by molar-refractivity contribution is 5.42. The van der Waals surface area contributed by atoms with Gasteiger partial charge in [-0.2, -0.15) is 5.10 Å². The second kappa shape index (κ2) is 6.71. The van der Waals surface area contributed by atoms with E-state index >= 15 is 0 Å². The first-order chi connectivity index (χ1) is 9.63. The van der Waals surface area contributed by atoms with Crippen LogP contribution in [0.4, 0.5) is 0 Å². The number of benzene rings is 1. The van der Waals surface area contributed by atoms with Gasteiger partial charge < -0.3 is 5.32 Å². The minimum absolute atomic E-state index is 0.331. The molecule has 0 aliphatic heterocycles. The van der Waals surface area contributed by atoms with Gasteiger partial charge in [0, 0.05) is 12.2 Å². The zero-order valence-corrected chi connectivity index (χ0v) is 12.9. The molecule has 1 heterocycles. The van der Waals surface area contributed by atoms with Crippen molar-refractivity contribution in [1.82, 2.24) is 15.1 Å². The second-order valence-electron chi connectivity index (χ2n) is 5.57. The van der Waals surface area contributed by atoms with Gasteiger partial charge in [0.1, 0.15) is 0 Å². The van der Waals surface area contributed by atoms with E-state index in [1.165, 1.54) is 5.56 Å². The summed E-state index contributed by atoms with van der Waals surface area (Å²) in [4.78, 5) is 0. The molecule has 3 heteroatoms. The molecule has 2 rings (SSSR count). The molecule has 2 aromatic rings. The quantitative estimate of drug-likeness (QED) is 0.858. The second-order valence-corrected chi connectivity index (χ2v) is 5.57. The van der Waals surface area contributed by atoms with Gasteiger partial charge in [0.25, 0.3) is 0 Å². The predicted molar refractivity (Wildman–Crippen MR) is 84.4 cm³/mol. The van der Waals surface area contributed by atoms with Crippen LogP contribution in [0.2, 0.25) is 0 Å². The smallest absolute Gasteiger partial charge is 0.0693 e. The van der Waals surface area contributed by atoms with Crippen LogP contribution in [-0.4, -0.2) is 16.3 Å². The van der Waals surface area contributed by atoms with Gasteiger partial charge in [-0.15, -0.1) is 0 Å². The Labute approximate surface area is 122 Å². The Morgan fingerprint density at radius 1 is 1.15 bits per heavy atom. The minimum Gasteiger partial charge on any atom is -0.310 e. The molecule has 0 aliphatic rings. The molecular formula is C17H25N3. The van der Waals surface area contributed by atoms with E-state index in [0.717, 1.165) is 24.3 Å². The Balaban J connectivity index is 2.31. The van der Waals surface area contributed by atoms with Crippen LogP contribution in [0.15, 0.2) is 36.5 Å². The Kier molecular flexibility index (Phi) is 4.96. The predicted octanol–water partition coefficient (Wildman–Crippen LogP) is 4.06. The van der Waals surface area contributed by atoms with Crippen molar-refractivity contribution in [3.8, 4) is 5.69 Å². The first-order valence-electron chi connectivity index (χ1n) is 7.51. The van der Waals surface area contributed by atoms with Crippen molar-refractivity contribution >= 4 is 0 Å². The van der Waals surface area contributed by atoms with Gasteiger partial charge in [-0.05, 0) is 43.5 Å². The van der Waals surface area contributed by atoms with Crippen LogP contribution in [0, 0.1) is 0 Å². The van der Waals surface area contributed by atoms with Crippen LogP contribution in [0.1, 0.15) is 57.3 Å².